The van der Waals surface area contributed by atoms with Gasteiger partial charge in [0.15, 0.2) is 6.10 Å². The summed E-state index contributed by atoms with van der Waals surface area (Å²) in [6, 6.07) is 0. The van der Waals surface area contributed by atoms with Gasteiger partial charge in [-0.25, -0.2) is 4.57 Å². The Labute approximate surface area is 378 Å². The Bertz CT molecular complexity index is 1460. The molecule has 2 atom stereocenters. The predicted octanol–water partition coefficient (Wildman–Crippen LogP) is 13.7. The summed E-state index contributed by atoms with van der Waals surface area (Å²) in [5.41, 5.74) is 0. The second-order valence-corrected chi connectivity index (χ2v) is 17.5. The number of hydrogen-bond acceptors (Lipinski definition) is 7. The highest BCUT2D eigenvalue weighted by molar-refractivity contribution is 7.47. The molecule has 0 bridgehead atoms. The minimum atomic E-state index is -4.38. The smallest absolute Gasteiger partial charge is 0.462 e. The Morgan fingerprint density at radius 1 is 0.516 bits per heavy atom. The number of ether oxygens (including phenoxy) is 2. The van der Waals surface area contributed by atoms with Gasteiger partial charge in [-0.1, -0.05) is 161 Å². The van der Waals surface area contributed by atoms with Gasteiger partial charge in [-0.15, -0.1) is 0 Å². The van der Waals surface area contributed by atoms with Crippen molar-refractivity contribution in [1.82, 2.24) is 0 Å². The van der Waals surface area contributed by atoms with Crippen LogP contribution in [-0.4, -0.2) is 74.9 Å². The Balaban J connectivity index is 4.20. The van der Waals surface area contributed by atoms with Gasteiger partial charge in [0, 0.05) is 12.8 Å². The first-order valence-electron chi connectivity index (χ1n) is 23.3. The first kappa shape index (κ1) is 58.4. The normalized spacial score (nSPS) is 14.6. The lowest BCUT2D eigenvalue weighted by atomic mass is 10.1. The first-order valence-corrected chi connectivity index (χ1v) is 24.8. The van der Waals surface area contributed by atoms with E-state index in [1.54, 1.807) is 0 Å². The second kappa shape index (κ2) is 42.7. The average molecular weight is 883 g/mol. The summed E-state index contributed by atoms with van der Waals surface area (Å²) in [5.74, 6) is -0.878. The molecular weight excluding hydrogens is 798 g/mol. The van der Waals surface area contributed by atoms with Gasteiger partial charge in [-0.05, 0) is 89.9 Å². The summed E-state index contributed by atoms with van der Waals surface area (Å²) in [5, 5.41) is 0. The van der Waals surface area contributed by atoms with E-state index in [0.717, 1.165) is 109 Å². The highest BCUT2D eigenvalue weighted by atomic mass is 31.2. The molecule has 2 unspecified atom stereocenters. The van der Waals surface area contributed by atoms with Crippen LogP contribution in [0.4, 0.5) is 0 Å². The predicted molar refractivity (Wildman–Crippen MR) is 261 cm³/mol. The summed E-state index contributed by atoms with van der Waals surface area (Å²) in [6.45, 7) is 4.12. The molecule has 0 aliphatic rings. The zero-order valence-electron chi connectivity index (χ0n) is 39.3. The molecule has 0 heterocycles. The summed E-state index contributed by atoms with van der Waals surface area (Å²) < 4.78 is 34.0. The van der Waals surface area contributed by atoms with Crippen molar-refractivity contribution in [3.05, 3.63) is 122 Å². The van der Waals surface area contributed by atoms with E-state index in [-0.39, 0.29) is 26.1 Å². The van der Waals surface area contributed by atoms with Crippen molar-refractivity contribution in [1.29, 1.82) is 0 Å². The van der Waals surface area contributed by atoms with Crippen LogP contribution in [0.15, 0.2) is 122 Å². The topological polar surface area (TPSA) is 108 Å². The molecule has 0 saturated heterocycles. The number of allylic oxidation sites excluding steroid dienone is 20. The number of nitrogens with zero attached hydrogens (tertiary/aromatic N) is 1. The molecule has 0 saturated carbocycles. The standard InChI is InChI=1S/C52H84NO8P/c1-6-8-10-12-13-14-15-16-17-18-19-20-21-22-23-24-25-26-27-28-29-30-31-32-33-34-35-36-37-38-39-41-43-45-52(55)61-50(48-58-51(54)44-42-40-11-9-7-2)49-60-62(56,57)59-47-46-53(3,4)5/h8,10,13-14,16-17,19-20,22-23,25-26,28-29,31-32,34-35,37-38,50H,6-7,9,11-12,15,18,21,24,27,30,33,36,39-49H2,1-5H3/p+1/b10-8-,14-13-,17-16-,20-19-,23-22-,26-25-,29-28-,32-31-,35-34-,38-37-. The maximum absolute atomic E-state index is 12.6. The van der Waals surface area contributed by atoms with Gasteiger partial charge in [0.2, 0.25) is 0 Å². The molecule has 0 aliphatic heterocycles. The van der Waals surface area contributed by atoms with Crippen molar-refractivity contribution in [3.63, 3.8) is 0 Å². The van der Waals surface area contributed by atoms with Gasteiger partial charge in [-0.2, -0.15) is 0 Å². The maximum atomic E-state index is 12.6. The third kappa shape index (κ3) is 45.9. The third-order valence-electron chi connectivity index (χ3n) is 9.01. The van der Waals surface area contributed by atoms with Crippen molar-refractivity contribution in [2.75, 3.05) is 47.5 Å². The number of esters is 2. The Hall–Kier alpha value is -3.59. The molecule has 0 radical (unpaired) electrons. The van der Waals surface area contributed by atoms with Crippen LogP contribution in [0.25, 0.3) is 0 Å². The SMILES string of the molecule is CC/C=C\C/C=C\C/C=C\C/C=C\C/C=C\C/C=C\C/C=C\C/C=C\C/C=C\C/C=C\CCCCC(=O)OC(COC(=O)CCCCCCC)COP(=O)(O)OCC[N+](C)(C)C. The molecule has 0 fully saturated rings. The van der Waals surface area contributed by atoms with Crippen LogP contribution in [0.5, 0.6) is 0 Å². The number of hydrogen-bond donors (Lipinski definition) is 1. The summed E-state index contributed by atoms with van der Waals surface area (Å²) >= 11 is 0. The molecule has 0 aromatic rings. The van der Waals surface area contributed by atoms with Gasteiger partial charge < -0.3 is 18.9 Å². The number of carbonyl (C=O) groups is 2. The summed E-state index contributed by atoms with van der Waals surface area (Å²) in [7, 11) is 1.42. The third-order valence-corrected chi connectivity index (χ3v) is 9.99. The fourth-order valence-corrected chi connectivity index (χ4v) is 6.13. The molecule has 10 heteroatoms. The van der Waals surface area contributed by atoms with E-state index >= 15 is 0 Å². The Morgan fingerprint density at radius 3 is 1.35 bits per heavy atom. The van der Waals surface area contributed by atoms with E-state index < -0.39 is 32.5 Å². The molecule has 0 rings (SSSR count). The van der Waals surface area contributed by atoms with Crippen LogP contribution in [0.3, 0.4) is 0 Å². The molecule has 1 N–H and O–H groups in total. The monoisotopic (exact) mass is 883 g/mol. The van der Waals surface area contributed by atoms with Crippen molar-refractivity contribution in [2.45, 2.75) is 148 Å². The van der Waals surface area contributed by atoms with Crippen molar-refractivity contribution in [2.24, 2.45) is 0 Å². The number of rotatable bonds is 40. The van der Waals surface area contributed by atoms with Crippen LogP contribution in [0.1, 0.15) is 142 Å². The Kier molecular flexibility index (Phi) is 40.2. The van der Waals surface area contributed by atoms with Crippen LogP contribution in [0.2, 0.25) is 0 Å². The van der Waals surface area contributed by atoms with Crippen molar-refractivity contribution >= 4 is 19.8 Å². The highest BCUT2D eigenvalue weighted by Crippen LogP contribution is 2.43. The largest absolute Gasteiger partial charge is 0.472 e. The lowest BCUT2D eigenvalue weighted by Gasteiger charge is -2.24. The van der Waals surface area contributed by atoms with Crippen LogP contribution in [0, 0.1) is 0 Å². The zero-order chi connectivity index (χ0) is 45.7. The molecule has 0 amide bonds. The fraction of sp³-hybridized carbons (Fsp3) is 0.577. The van der Waals surface area contributed by atoms with E-state index in [1.807, 2.05) is 21.1 Å². The molecule has 62 heavy (non-hydrogen) atoms. The van der Waals surface area contributed by atoms with Crippen LogP contribution < -0.4 is 0 Å². The summed E-state index contributed by atoms with van der Waals surface area (Å²) in [4.78, 5) is 35.0. The minimum Gasteiger partial charge on any atom is -0.462 e. The number of phosphoric acid groups is 1. The molecule has 0 spiro atoms. The minimum absolute atomic E-state index is 0.0164. The van der Waals surface area contributed by atoms with E-state index in [0.29, 0.717) is 17.4 Å². The number of carbonyl (C=O) groups excluding carboxylic acids is 2. The zero-order valence-corrected chi connectivity index (χ0v) is 40.2. The highest BCUT2D eigenvalue weighted by Gasteiger charge is 2.27. The Morgan fingerprint density at radius 2 is 0.919 bits per heavy atom. The number of phosphoric ester groups is 1. The molecular formula is C52H85NO8P+. The molecule has 0 aromatic carbocycles. The first-order chi connectivity index (χ1) is 30.0. The lowest BCUT2D eigenvalue weighted by molar-refractivity contribution is -0.870. The van der Waals surface area contributed by atoms with Gasteiger partial charge in [-0.3, -0.25) is 18.6 Å². The van der Waals surface area contributed by atoms with Gasteiger partial charge in [0.05, 0.1) is 27.7 Å². The van der Waals surface area contributed by atoms with Crippen molar-refractivity contribution < 1.29 is 42.1 Å². The van der Waals surface area contributed by atoms with Crippen LogP contribution in [-0.2, 0) is 32.7 Å². The number of likely N-dealkylation sites (N-methyl/N-ethyl adjacent to an activating group) is 1. The second-order valence-electron chi connectivity index (χ2n) is 16.1. The lowest BCUT2D eigenvalue weighted by Crippen LogP contribution is -2.37. The van der Waals surface area contributed by atoms with Gasteiger partial charge in [0.1, 0.15) is 19.8 Å². The molecule has 0 aromatic heterocycles. The summed E-state index contributed by atoms with van der Waals surface area (Å²) in [6.07, 6.45) is 60.3. The van der Waals surface area contributed by atoms with E-state index in [2.05, 4.69) is 135 Å². The maximum Gasteiger partial charge on any atom is 0.472 e. The molecule has 9 nitrogen and oxygen atoms in total. The quantitative estimate of drug-likeness (QED) is 0.0213. The van der Waals surface area contributed by atoms with E-state index in [4.69, 9.17) is 18.5 Å². The number of unbranched alkanes of at least 4 members (excludes halogenated alkanes) is 6. The average Bonchev–Trinajstić information content (AvgIpc) is 3.22. The number of quaternary nitrogens is 1. The van der Waals surface area contributed by atoms with Gasteiger partial charge in [0.25, 0.3) is 0 Å². The van der Waals surface area contributed by atoms with Gasteiger partial charge >= 0.3 is 19.8 Å². The van der Waals surface area contributed by atoms with Crippen LogP contribution >= 0.6 is 7.82 Å². The fourth-order valence-electron chi connectivity index (χ4n) is 5.39. The van der Waals surface area contributed by atoms with E-state index in [9.17, 15) is 19.0 Å². The van der Waals surface area contributed by atoms with E-state index in [1.165, 1.54) is 0 Å². The molecule has 350 valence electrons. The molecule has 0 aliphatic carbocycles. The van der Waals surface area contributed by atoms with Crippen molar-refractivity contribution in [3.8, 4) is 0 Å².